The summed E-state index contributed by atoms with van der Waals surface area (Å²) in [5.74, 6) is 7.83. The fourth-order valence-electron chi connectivity index (χ4n) is 4.89. The summed E-state index contributed by atoms with van der Waals surface area (Å²) in [6.07, 6.45) is 3.93. The number of fused-ring (bicyclic) bond motifs is 3. The van der Waals surface area contributed by atoms with Crippen LogP contribution in [0.15, 0.2) is 109 Å². The van der Waals surface area contributed by atoms with Crippen LogP contribution in [0, 0.1) is 12.1 Å². The molecule has 0 unspecified atom stereocenters. The predicted molar refractivity (Wildman–Crippen MR) is 169 cm³/mol. The molecule has 1 radical (unpaired) electrons. The second kappa shape index (κ2) is 13.0. The zero-order chi connectivity index (χ0) is 27.4. The van der Waals surface area contributed by atoms with Gasteiger partial charge in [-0.05, 0) is 11.8 Å². The van der Waals surface area contributed by atoms with Crippen molar-refractivity contribution >= 4 is 39.2 Å². The molecule has 2 aromatic heterocycles. The number of aromatic nitrogens is 2. The van der Waals surface area contributed by atoms with E-state index in [-0.39, 0.29) is 20.1 Å². The van der Waals surface area contributed by atoms with Crippen molar-refractivity contribution in [2.24, 2.45) is 0 Å². The van der Waals surface area contributed by atoms with Crippen molar-refractivity contribution in [3.63, 3.8) is 0 Å². The summed E-state index contributed by atoms with van der Waals surface area (Å²) < 4.78 is 1.51. The molecule has 6 aromatic rings. The van der Waals surface area contributed by atoms with E-state index < -0.39 is 13.3 Å². The van der Waals surface area contributed by atoms with Gasteiger partial charge in [-0.1, -0.05) is 12.1 Å². The molecule has 4 aromatic carbocycles. The van der Waals surface area contributed by atoms with E-state index in [4.69, 9.17) is 4.98 Å². The molecule has 0 N–H and O–H groups in total. The first kappa shape index (κ1) is 29.9. The van der Waals surface area contributed by atoms with E-state index in [9.17, 15) is 0 Å². The number of benzene rings is 4. The van der Waals surface area contributed by atoms with E-state index in [2.05, 4.69) is 109 Å². The first-order valence-electron chi connectivity index (χ1n) is 13.5. The molecule has 0 amide bonds. The Bertz CT molecular complexity index is 1670. The van der Waals surface area contributed by atoms with E-state index >= 15 is 0 Å². The maximum absolute atomic E-state index is 4.84. The second-order valence-electron chi connectivity index (χ2n) is 11.2. The maximum Gasteiger partial charge on any atom is 0.0160 e. The molecular formula is C36H34GeIrN2-2. The molecule has 0 aliphatic rings. The van der Waals surface area contributed by atoms with E-state index in [0.29, 0.717) is 5.92 Å². The Kier molecular flexibility index (Phi) is 9.73. The third kappa shape index (κ3) is 6.78. The van der Waals surface area contributed by atoms with Gasteiger partial charge in [0.25, 0.3) is 0 Å². The normalized spacial score (nSPS) is 11.2. The summed E-state index contributed by atoms with van der Waals surface area (Å²) in [5.41, 5.74) is 5.58. The Morgan fingerprint density at radius 1 is 0.675 bits per heavy atom. The number of hydrogen-bond donors (Lipinski definition) is 0. The Morgan fingerprint density at radius 2 is 1.43 bits per heavy atom. The number of pyridine rings is 2. The minimum Gasteiger partial charge on any atom is -0.305 e. The van der Waals surface area contributed by atoms with Crippen LogP contribution in [0.4, 0.5) is 0 Å². The van der Waals surface area contributed by atoms with Gasteiger partial charge in [0.15, 0.2) is 0 Å². The largest absolute Gasteiger partial charge is 0.305 e. The van der Waals surface area contributed by atoms with Gasteiger partial charge in [-0.2, -0.15) is 0 Å². The molecule has 203 valence electrons. The molecule has 0 spiro atoms. The zero-order valence-electron chi connectivity index (χ0n) is 23.7. The summed E-state index contributed by atoms with van der Waals surface area (Å²) in [5, 5.41) is 5.05. The number of nitrogens with zero attached hydrogens (tertiary/aromatic N) is 2. The summed E-state index contributed by atoms with van der Waals surface area (Å²) in [4.78, 5) is 9.06. The fraction of sp³-hybridized carbons (Fsp3) is 0.167. The van der Waals surface area contributed by atoms with Crippen LogP contribution in [0.25, 0.3) is 44.1 Å². The first-order valence-corrected chi connectivity index (χ1v) is 20.9. The van der Waals surface area contributed by atoms with Crippen LogP contribution in [0.2, 0.25) is 17.3 Å². The summed E-state index contributed by atoms with van der Waals surface area (Å²) in [7, 11) is 0. The molecule has 6 rings (SSSR count). The minimum atomic E-state index is -1.94. The van der Waals surface area contributed by atoms with Gasteiger partial charge in [-0.15, -0.1) is 35.9 Å². The average molecular weight is 760 g/mol. The summed E-state index contributed by atoms with van der Waals surface area (Å²) in [6.45, 7) is 4.57. The van der Waals surface area contributed by atoms with E-state index in [0.717, 1.165) is 22.5 Å². The smallest absolute Gasteiger partial charge is 0.0160 e. The van der Waals surface area contributed by atoms with Gasteiger partial charge in [0.05, 0.1) is 0 Å². The Balaban J connectivity index is 0.000000238. The van der Waals surface area contributed by atoms with Crippen molar-refractivity contribution < 1.29 is 20.1 Å². The van der Waals surface area contributed by atoms with Crippen LogP contribution in [0.1, 0.15) is 25.3 Å². The van der Waals surface area contributed by atoms with Gasteiger partial charge in [0.1, 0.15) is 0 Å². The van der Waals surface area contributed by atoms with Crippen LogP contribution < -0.4 is 4.40 Å². The van der Waals surface area contributed by atoms with Crippen LogP contribution in [-0.2, 0) is 20.1 Å². The molecule has 0 fully saturated rings. The molecule has 4 heteroatoms. The summed E-state index contributed by atoms with van der Waals surface area (Å²) in [6, 6.07) is 39.9. The van der Waals surface area contributed by atoms with Crippen molar-refractivity contribution in [2.75, 3.05) is 0 Å². The molecule has 2 nitrogen and oxygen atoms in total. The molecule has 0 aliphatic carbocycles. The number of rotatable bonds is 4. The van der Waals surface area contributed by atoms with Crippen molar-refractivity contribution in [3.05, 3.63) is 127 Å². The first-order chi connectivity index (χ1) is 18.8. The molecule has 0 saturated carbocycles. The maximum atomic E-state index is 4.84. The van der Waals surface area contributed by atoms with Gasteiger partial charge in [0.2, 0.25) is 0 Å². The fourth-order valence-corrected chi connectivity index (χ4v) is 8.41. The number of hydrogen-bond acceptors (Lipinski definition) is 2. The van der Waals surface area contributed by atoms with Gasteiger partial charge in [0, 0.05) is 26.3 Å². The summed E-state index contributed by atoms with van der Waals surface area (Å²) >= 11 is -1.94. The minimum absolute atomic E-state index is 0. The molecular weight excluding hydrogens is 725 g/mol. The molecule has 2 heterocycles. The van der Waals surface area contributed by atoms with Crippen LogP contribution in [-0.4, -0.2) is 23.2 Å². The Hall–Kier alpha value is -3.11. The van der Waals surface area contributed by atoms with Gasteiger partial charge in [-0.3, -0.25) is 0 Å². The Morgan fingerprint density at radius 3 is 2.12 bits per heavy atom. The third-order valence-electron chi connectivity index (χ3n) is 6.97. The van der Waals surface area contributed by atoms with Crippen LogP contribution in [0.5, 0.6) is 0 Å². The molecule has 40 heavy (non-hydrogen) atoms. The molecule has 0 atom stereocenters. The van der Waals surface area contributed by atoms with E-state index in [1.165, 1.54) is 31.5 Å². The molecule has 0 saturated heterocycles. The van der Waals surface area contributed by atoms with Crippen LogP contribution >= 0.6 is 0 Å². The van der Waals surface area contributed by atoms with Gasteiger partial charge in [-0.25, -0.2) is 0 Å². The SMILES string of the molecule is CC(C)c1cc(-c2[c-]cc3c(ccc4ccccc43)c2)nc[c]1[Ge]([CH3])([CH3])[CH3].[Ir].[c-]1ccccc1-c1ccccn1. The monoisotopic (exact) mass is 761 g/mol. The Labute approximate surface area is 254 Å². The average Bonchev–Trinajstić information content (AvgIpc) is 2.97. The van der Waals surface area contributed by atoms with Crippen molar-refractivity contribution in [1.29, 1.82) is 0 Å². The standard InChI is InChI=1S/C25H26GeN.C11H8N.Ir/c1-17(2)23-15-25(27-16-24(23)26(3,4)5)20-12-13-22-19(14-20)11-10-18-8-6-7-9-21(18)22;1-2-6-10(7-3-1)11-8-4-5-9-12-11;/h6-11,13-17H,1-5H3;1-6,8-9H;/q2*-1;. The third-order valence-corrected chi connectivity index (χ3v) is 11.2. The van der Waals surface area contributed by atoms with Crippen LogP contribution in [0.3, 0.4) is 0 Å². The van der Waals surface area contributed by atoms with Gasteiger partial charge < -0.3 is 4.98 Å². The molecule has 0 aliphatic heterocycles. The van der Waals surface area contributed by atoms with Crippen molar-refractivity contribution in [3.8, 4) is 22.5 Å². The van der Waals surface area contributed by atoms with E-state index in [1.54, 1.807) is 6.20 Å². The predicted octanol–water partition coefficient (Wildman–Crippen LogP) is 9.07. The van der Waals surface area contributed by atoms with Gasteiger partial charge >= 0.3 is 165 Å². The second-order valence-corrected chi connectivity index (χ2v) is 21.8. The topological polar surface area (TPSA) is 25.8 Å². The van der Waals surface area contributed by atoms with E-state index in [1.807, 2.05) is 42.5 Å². The van der Waals surface area contributed by atoms with Crippen molar-refractivity contribution in [1.82, 2.24) is 9.97 Å². The molecule has 0 bridgehead atoms. The van der Waals surface area contributed by atoms with Crippen molar-refractivity contribution in [2.45, 2.75) is 37.0 Å². The zero-order valence-corrected chi connectivity index (χ0v) is 28.2. The quantitative estimate of drug-likeness (QED) is 0.102.